The molecule has 1 fully saturated rings. The maximum Gasteiger partial charge on any atom is 0.573 e. The average Bonchev–Trinajstić information content (AvgIpc) is 3.28. The lowest BCUT2D eigenvalue weighted by Gasteiger charge is -2.45. The summed E-state index contributed by atoms with van der Waals surface area (Å²) in [6.45, 7) is 3.06. The normalized spacial score (nSPS) is 17.3. The van der Waals surface area contributed by atoms with Gasteiger partial charge in [0.05, 0.1) is 10.7 Å². The summed E-state index contributed by atoms with van der Waals surface area (Å²) < 4.78 is 43.6. The molecule has 7 nitrogen and oxygen atoms in total. The van der Waals surface area contributed by atoms with Crippen LogP contribution in [0.4, 0.5) is 24.5 Å². The molecular formula is C23H22F3N5O2S. The van der Waals surface area contributed by atoms with Crippen LogP contribution in [0.25, 0.3) is 10.3 Å². The van der Waals surface area contributed by atoms with Crippen molar-refractivity contribution in [2.75, 3.05) is 29.9 Å². The SMILES string of the molecule is Cc1nc2c(N3CCC4(CC3)Cc3cc(OC(F)(F)F)ccc3N4C)c(C#N)c(=O)n(C)c2s1. The molecule has 3 aromatic rings. The van der Waals surface area contributed by atoms with E-state index in [1.807, 2.05) is 14.0 Å². The van der Waals surface area contributed by atoms with Crippen molar-refractivity contribution in [3.8, 4) is 11.8 Å². The second kappa shape index (κ2) is 7.63. The number of benzene rings is 1. The number of aromatic nitrogens is 2. The van der Waals surface area contributed by atoms with E-state index in [2.05, 4.69) is 25.6 Å². The minimum absolute atomic E-state index is 0.0910. The number of ether oxygens (including phenoxy) is 1. The van der Waals surface area contributed by atoms with Crippen LogP contribution in [0.2, 0.25) is 0 Å². The summed E-state index contributed by atoms with van der Waals surface area (Å²) in [4.78, 5) is 22.4. The molecule has 0 N–H and O–H groups in total. The molecule has 0 bridgehead atoms. The van der Waals surface area contributed by atoms with Crippen molar-refractivity contribution in [1.82, 2.24) is 9.55 Å². The number of thiazole rings is 1. The van der Waals surface area contributed by atoms with Gasteiger partial charge in [0.1, 0.15) is 27.7 Å². The van der Waals surface area contributed by atoms with Crippen molar-refractivity contribution in [3.63, 3.8) is 0 Å². The van der Waals surface area contributed by atoms with Gasteiger partial charge in [-0.15, -0.1) is 24.5 Å². The van der Waals surface area contributed by atoms with E-state index in [0.717, 1.165) is 33.9 Å². The van der Waals surface area contributed by atoms with Crippen molar-refractivity contribution < 1.29 is 17.9 Å². The third-order valence-electron chi connectivity index (χ3n) is 7.00. The van der Waals surface area contributed by atoms with Gasteiger partial charge in [0, 0.05) is 38.4 Å². The Hall–Kier alpha value is -3.26. The molecule has 178 valence electrons. The second-order valence-electron chi connectivity index (χ2n) is 8.87. The minimum Gasteiger partial charge on any atom is -0.406 e. The van der Waals surface area contributed by atoms with Crippen LogP contribution < -0.4 is 20.1 Å². The van der Waals surface area contributed by atoms with Gasteiger partial charge >= 0.3 is 6.36 Å². The van der Waals surface area contributed by atoms with Crippen molar-refractivity contribution in [2.24, 2.45) is 7.05 Å². The largest absolute Gasteiger partial charge is 0.573 e. The molecule has 0 atom stereocenters. The number of nitriles is 1. The summed E-state index contributed by atoms with van der Waals surface area (Å²) in [5.41, 5.74) is 2.46. The van der Waals surface area contributed by atoms with Gasteiger partial charge in [-0.25, -0.2) is 4.98 Å². The number of halogens is 3. The first-order chi connectivity index (χ1) is 16.0. The molecule has 0 radical (unpaired) electrons. The third kappa shape index (κ3) is 3.48. The Kier molecular flexibility index (Phi) is 5.06. The van der Waals surface area contributed by atoms with E-state index in [0.29, 0.717) is 30.7 Å². The van der Waals surface area contributed by atoms with Gasteiger partial charge < -0.3 is 19.1 Å². The van der Waals surface area contributed by atoms with Crippen LogP contribution in [0.1, 0.15) is 29.0 Å². The number of hydrogen-bond donors (Lipinski definition) is 0. The van der Waals surface area contributed by atoms with Crippen LogP contribution >= 0.6 is 11.3 Å². The van der Waals surface area contributed by atoms with E-state index >= 15 is 0 Å². The number of piperidine rings is 1. The molecule has 0 saturated carbocycles. The van der Waals surface area contributed by atoms with E-state index in [1.54, 1.807) is 13.1 Å². The fourth-order valence-corrected chi connectivity index (χ4v) is 6.18. The Balaban J connectivity index is 1.44. The van der Waals surface area contributed by atoms with Gasteiger partial charge in [-0.3, -0.25) is 4.79 Å². The molecule has 1 aromatic carbocycles. The zero-order valence-corrected chi connectivity index (χ0v) is 19.7. The van der Waals surface area contributed by atoms with E-state index < -0.39 is 6.36 Å². The lowest BCUT2D eigenvalue weighted by molar-refractivity contribution is -0.274. The van der Waals surface area contributed by atoms with Gasteiger partial charge in [0.15, 0.2) is 0 Å². The summed E-state index contributed by atoms with van der Waals surface area (Å²) in [6.07, 6.45) is -2.68. The number of nitrogens with zero attached hydrogens (tertiary/aromatic N) is 5. The lowest BCUT2D eigenvalue weighted by Crippen LogP contribution is -2.53. The highest BCUT2D eigenvalue weighted by molar-refractivity contribution is 7.18. The van der Waals surface area contributed by atoms with Crippen molar-refractivity contribution in [1.29, 1.82) is 5.26 Å². The molecule has 0 amide bonds. The molecule has 1 spiro atoms. The molecular weight excluding hydrogens is 467 g/mol. The first-order valence-electron chi connectivity index (χ1n) is 10.8. The fourth-order valence-electron chi connectivity index (χ4n) is 5.30. The number of rotatable bonds is 2. The van der Waals surface area contributed by atoms with Gasteiger partial charge in [-0.05, 0) is 49.9 Å². The number of anilines is 2. The van der Waals surface area contributed by atoms with Crippen LogP contribution in [-0.2, 0) is 13.5 Å². The van der Waals surface area contributed by atoms with Crippen LogP contribution in [0.15, 0.2) is 23.0 Å². The highest BCUT2D eigenvalue weighted by Gasteiger charge is 2.45. The molecule has 34 heavy (non-hydrogen) atoms. The maximum atomic E-state index is 12.9. The Bertz CT molecular complexity index is 1400. The number of likely N-dealkylation sites (N-methyl/N-ethyl adjacent to an activating group) is 1. The summed E-state index contributed by atoms with van der Waals surface area (Å²) >= 11 is 1.42. The highest BCUT2D eigenvalue weighted by atomic mass is 32.1. The smallest absolute Gasteiger partial charge is 0.406 e. The summed E-state index contributed by atoms with van der Waals surface area (Å²) in [5, 5.41) is 10.6. The van der Waals surface area contributed by atoms with Gasteiger partial charge in [0.2, 0.25) is 0 Å². The first-order valence-corrected chi connectivity index (χ1v) is 11.6. The Morgan fingerprint density at radius 3 is 2.59 bits per heavy atom. The van der Waals surface area contributed by atoms with Crippen molar-refractivity contribution >= 4 is 33.1 Å². The zero-order valence-electron chi connectivity index (χ0n) is 18.9. The Morgan fingerprint density at radius 1 is 1.24 bits per heavy atom. The molecule has 0 aliphatic carbocycles. The van der Waals surface area contributed by atoms with Crippen LogP contribution in [0.3, 0.4) is 0 Å². The van der Waals surface area contributed by atoms with Crippen LogP contribution in [-0.4, -0.2) is 41.6 Å². The molecule has 5 rings (SSSR count). The fraction of sp³-hybridized carbons (Fsp3) is 0.435. The quantitative estimate of drug-likeness (QED) is 0.540. The molecule has 2 aliphatic rings. The summed E-state index contributed by atoms with van der Waals surface area (Å²) in [6, 6.07) is 6.57. The van der Waals surface area contributed by atoms with Gasteiger partial charge in [-0.2, -0.15) is 5.26 Å². The van der Waals surface area contributed by atoms with Crippen LogP contribution in [0.5, 0.6) is 5.75 Å². The molecule has 11 heteroatoms. The number of hydrogen-bond acceptors (Lipinski definition) is 7. The highest BCUT2D eigenvalue weighted by Crippen LogP contribution is 2.46. The first kappa shape index (κ1) is 22.5. The number of fused-ring (bicyclic) bond motifs is 2. The van der Waals surface area contributed by atoms with Gasteiger partial charge in [0.25, 0.3) is 5.56 Å². The third-order valence-corrected chi connectivity index (χ3v) is 8.05. The number of alkyl halides is 3. The molecule has 4 heterocycles. The average molecular weight is 490 g/mol. The maximum absolute atomic E-state index is 12.9. The van der Waals surface area contributed by atoms with Gasteiger partial charge in [-0.1, -0.05) is 0 Å². The van der Waals surface area contributed by atoms with E-state index in [1.165, 1.54) is 28.0 Å². The summed E-state index contributed by atoms with van der Waals surface area (Å²) in [5.74, 6) is -0.214. The summed E-state index contributed by atoms with van der Waals surface area (Å²) in [7, 11) is 3.62. The van der Waals surface area contributed by atoms with Crippen LogP contribution in [0, 0.1) is 18.3 Å². The lowest BCUT2D eigenvalue weighted by atomic mass is 9.83. The predicted molar refractivity (Wildman–Crippen MR) is 124 cm³/mol. The van der Waals surface area contributed by atoms with Crippen molar-refractivity contribution in [3.05, 3.63) is 44.7 Å². The molecule has 2 aliphatic heterocycles. The molecule has 2 aromatic heterocycles. The van der Waals surface area contributed by atoms with E-state index in [4.69, 9.17) is 0 Å². The topological polar surface area (TPSA) is 74.4 Å². The molecule has 0 unspecified atom stereocenters. The predicted octanol–water partition coefficient (Wildman–Crippen LogP) is 4.11. The number of pyridine rings is 1. The second-order valence-corrected chi connectivity index (χ2v) is 10.1. The standard InChI is InChI=1S/C23H22F3N5O2S/c1-13-28-18-19(16(12-27)20(32)29(2)21(18)34-13)31-8-6-22(7-9-31)11-14-10-15(33-23(24,25)26)4-5-17(14)30(22)3/h4-5,10H,6-9,11H2,1-3H3. The number of aryl methyl sites for hydroxylation is 2. The Labute approximate surface area is 197 Å². The van der Waals surface area contributed by atoms with E-state index in [9.17, 15) is 23.2 Å². The van der Waals surface area contributed by atoms with E-state index in [-0.39, 0.29) is 22.4 Å². The zero-order chi connectivity index (χ0) is 24.4. The minimum atomic E-state index is -4.73. The monoisotopic (exact) mass is 489 g/mol. The van der Waals surface area contributed by atoms with Crippen molar-refractivity contribution in [2.45, 2.75) is 38.1 Å². The molecule has 1 saturated heterocycles. The Morgan fingerprint density at radius 2 is 1.94 bits per heavy atom.